The van der Waals surface area contributed by atoms with Gasteiger partial charge in [0, 0.05) is 39.1 Å². The third kappa shape index (κ3) is 7.14. The highest BCUT2D eigenvalue weighted by atomic mass is 32.2. The van der Waals surface area contributed by atoms with Crippen molar-refractivity contribution >= 4 is 21.6 Å². The van der Waals surface area contributed by atoms with E-state index in [0.717, 1.165) is 6.26 Å². The highest BCUT2D eigenvalue weighted by Crippen LogP contribution is 2.19. The van der Waals surface area contributed by atoms with Gasteiger partial charge < -0.3 is 19.1 Å². The summed E-state index contributed by atoms with van der Waals surface area (Å²) >= 11 is 0. The molecule has 1 N–H and O–H groups in total. The maximum Gasteiger partial charge on any atom is 0.248 e. The molecule has 0 atom stereocenters. The number of hydrogen-bond acceptors (Lipinski definition) is 7. The van der Waals surface area contributed by atoms with E-state index >= 15 is 0 Å². The first-order chi connectivity index (χ1) is 12.4. The van der Waals surface area contributed by atoms with E-state index in [9.17, 15) is 13.2 Å². The third-order valence-corrected chi connectivity index (χ3v) is 4.39. The number of amides is 1. The smallest absolute Gasteiger partial charge is 0.248 e. The lowest BCUT2D eigenvalue weighted by Crippen LogP contribution is -2.43. The normalized spacial score (nSPS) is 15.7. The van der Waals surface area contributed by atoms with Crippen LogP contribution in [0.3, 0.4) is 0 Å². The third-order valence-electron chi connectivity index (χ3n) is 3.78. The second-order valence-corrected chi connectivity index (χ2v) is 7.75. The fourth-order valence-electron chi connectivity index (χ4n) is 2.51. The minimum absolute atomic E-state index is 0.0327. The molecule has 1 saturated heterocycles. The lowest BCUT2D eigenvalue weighted by molar-refractivity contribution is -0.138. The van der Waals surface area contributed by atoms with Crippen LogP contribution in [0.1, 0.15) is 12.8 Å². The number of nitrogens with zero attached hydrogens (tertiary/aromatic N) is 2. The SMILES string of the molecule is COCCOCC(=O)N1CCC(Oc2ccc(NS(C)(=O)=O)cn2)CC1. The number of carbonyl (C=O) groups is 1. The van der Waals surface area contributed by atoms with Crippen LogP contribution < -0.4 is 9.46 Å². The molecular formula is C16H25N3O6S. The molecule has 1 aromatic rings. The maximum absolute atomic E-state index is 12.0. The quantitative estimate of drug-likeness (QED) is 0.614. The van der Waals surface area contributed by atoms with Gasteiger partial charge in [-0.2, -0.15) is 0 Å². The van der Waals surface area contributed by atoms with Gasteiger partial charge in [-0.3, -0.25) is 9.52 Å². The predicted molar refractivity (Wildman–Crippen MR) is 95.6 cm³/mol. The molecule has 146 valence electrons. The molecule has 0 saturated carbocycles. The molecule has 1 amide bonds. The van der Waals surface area contributed by atoms with Gasteiger partial charge in [0.15, 0.2) is 0 Å². The summed E-state index contributed by atoms with van der Waals surface area (Å²) in [7, 11) is -1.74. The first-order valence-electron chi connectivity index (χ1n) is 8.32. The van der Waals surface area contributed by atoms with E-state index in [4.69, 9.17) is 14.2 Å². The highest BCUT2D eigenvalue weighted by molar-refractivity contribution is 7.92. The largest absolute Gasteiger partial charge is 0.474 e. The summed E-state index contributed by atoms with van der Waals surface area (Å²) < 4.78 is 40.6. The minimum Gasteiger partial charge on any atom is -0.474 e. The number of anilines is 1. The average Bonchev–Trinajstić information content (AvgIpc) is 2.60. The number of rotatable bonds is 9. The Balaban J connectivity index is 1.73. The van der Waals surface area contributed by atoms with Crippen LogP contribution >= 0.6 is 0 Å². The van der Waals surface area contributed by atoms with Crippen molar-refractivity contribution in [2.24, 2.45) is 0 Å². The Hall–Kier alpha value is -1.91. The van der Waals surface area contributed by atoms with Gasteiger partial charge >= 0.3 is 0 Å². The topological polar surface area (TPSA) is 107 Å². The van der Waals surface area contributed by atoms with E-state index in [1.165, 1.54) is 6.20 Å². The van der Waals surface area contributed by atoms with Gasteiger partial charge in [-0.15, -0.1) is 0 Å². The molecule has 1 aliphatic rings. The van der Waals surface area contributed by atoms with Crippen LogP contribution in [0, 0.1) is 0 Å². The minimum atomic E-state index is -3.33. The molecule has 26 heavy (non-hydrogen) atoms. The van der Waals surface area contributed by atoms with Crippen molar-refractivity contribution in [3.05, 3.63) is 18.3 Å². The van der Waals surface area contributed by atoms with E-state index in [2.05, 4.69) is 9.71 Å². The van der Waals surface area contributed by atoms with Gasteiger partial charge in [-0.25, -0.2) is 13.4 Å². The number of pyridine rings is 1. The summed E-state index contributed by atoms with van der Waals surface area (Å²) in [6.45, 7) is 2.13. The first-order valence-corrected chi connectivity index (χ1v) is 10.2. The Morgan fingerprint density at radius 3 is 2.62 bits per heavy atom. The van der Waals surface area contributed by atoms with Crippen LogP contribution in [0.4, 0.5) is 5.69 Å². The van der Waals surface area contributed by atoms with Crippen molar-refractivity contribution < 1.29 is 27.4 Å². The number of carbonyl (C=O) groups excluding carboxylic acids is 1. The van der Waals surface area contributed by atoms with Gasteiger partial charge in [-0.1, -0.05) is 0 Å². The van der Waals surface area contributed by atoms with Crippen LogP contribution in [0.25, 0.3) is 0 Å². The molecule has 1 fully saturated rings. The number of nitrogens with one attached hydrogen (secondary N) is 1. The fraction of sp³-hybridized carbons (Fsp3) is 0.625. The van der Waals surface area contributed by atoms with Crippen LogP contribution in [0.2, 0.25) is 0 Å². The Kier molecular flexibility index (Phi) is 7.61. The molecule has 1 aliphatic heterocycles. The first kappa shape index (κ1) is 20.4. The summed E-state index contributed by atoms with van der Waals surface area (Å²) in [5.74, 6) is 0.394. The van der Waals surface area contributed by atoms with Crippen LogP contribution in [0.15, 0.2) is 18.3 Å². The highest BCUT2D eigenvalue weighted by Gasteiger charge is 2.24. The maximum atomic E-state index is 12.0. The number of hydrogen-bond donors (Lipinski definition) is 1. The standard InChI is InChI=1S/C16H25N3O6S/c1-23-9-10-24-12-16(20)19-7-5-14(6-8-19)25-15-4-3-13(11-17-15)18-26(2,21)22/h3-4,11,14,18H,5-10,12H2,1-2H3. The molecule has 0 aliphatic carbocycles. The van der Waals surface area contributed by atoms with Crippen LogP contribution in [0.5, 0.6) is 5.88 Å². The number of methoxy groups -OCH3 is 1. The van der Waals surface area contributed by atoms with Gasteiger partial charge in [-0.05, 0) is 6.07 Å². The van der Waals surface area contributed by atoms with Crippen LogP contribution in [-0.2, 0) is 24.3 Å². The predicted octanol–water partition coefficient (Wildman–Crippen LogP) is 0.486. The van der Waals surface area contributed by atoms with Crippen LogP contribution in [-0.4, -0.2) is 76.6 Å². The summed E-state index contributed by atoms with van der Waals surface area (Å²) in [4.78, 5) is 17.9. The van der Waals surface area contributed by atoms with E-state index in [1.807, 2.05) is 0 Å². The summed E-state index contributed by atoms with van der Waals surface area (Å²) in [6.07, 6.45) is 3.86. The molecule has 0 spiro atoms. The second kappa shape index (κ2) is 9.70. The summed E-state index contributed by atoms with van der Waals surface area (Å²) in [6, 6.07) is 3.22. The average molecular weight is 387 g/mol. The zero-order chi connectivity index (χ0) is 19.0. The Morgan fingerprint density at radius 2 is 2.04 bits per heavy atom. The van der Waals surface area contributed by atoms with Gasteiger partial charge in [0.1, 0.15) is 12.7 Å². The Bertz CT molecular complexity index is 672. The van der Waals surface area contributed by atoms with Crippen molar-refractivity contribution in [2.45, 2.75) is 18.9 Å². The van der Waals surface area contributed by atoms with E-state index in [0.29, 0.717) is 50.7 Å². The molecule has 2 rings (SSSR count). The van der Waals surface area contributed by atoms with Crippen molar-refractivity contribution in [2.75, 3.05) is 51.0 Å². The second-order valence-electron chi connectivity index (χ2n) is 6.00. The van der Waals surface area contributed by atoms with Crippen molar-refractivity contribution in [3.8, 4) is 5.88 Å². The van der Waals surface area contributed by atoms with E-state index in [-0.39, 0.29) is 18.6 Å². The Labute approximate surface area is 153 Å². The molecule has 0 unspecified atom stereocenters. The number of aromatic nitrogens is 1. The van der Waals surface area contributed by atoms with Crippen molar-refractivity contribution in [3.63, 3.8) is 0 Å². The van der Waals surface area contributed by atoms with E-state index in [1.54, 1.807) is 24.1 Å². The number of likely N-dealkylation sites (tertiary alicyclic amines) is 1. The lowest BCUT2D eigenvalue weighted by atomic mass is 10.1. The van der Waals surface area contributed by atoms with Gasteiger partial charge in [0.05, 0.1) is 31.4 Å². The summed E-state index contributed by atoms with van der Waals surface area (Å²) in [5, 5.41) is 0. The lowest BCUT2D eigenvalue weighted by Gasteiger charge is -2.31. The van der Waals surface area contributed by atoms with Crippen molar-refractivity contribution in [1.82, 2.24) is 9.88 Å². The molecule has 0 radical (unpaired) electrons. The number of ether oxygens (including phenoxy) is 3. The zero-order valence-corrected chi connectivity index (χ0v) is 15.8. The molecule has 9 nitrogen and oxygen atoms in total. The van der Waals surface area contributed by atoms with Crippen molar-refractivity contribution in [1.29, 1.82) is 0 Å². The molecule has 1 aromatic heterocycles. The molecule has 10 heteroatoms. The monoisotopic (exact) mass is 387 g/mol. The molecular weight excluding hydrogens is 362 g/mol. The molecule has 2 heterocycles. The number of sulfonamides is 1. The number of piperidine rings is 1. The molecule has 0 aromatic carbocycles. The van der Waals surface area contributed by atoms with E-state index < -0.39 is 10.0 Å². The molecule has 0 bridgehead atoms. The summed E-state index contributed by atoms with van der Waals surface area (Å²) in [5.41, 5.74) is 0.383. The Morgan fingerprint density at radius 1 is 1.31 bits per heavy atom. The fourth-order valence-corrected chi connectivity index (χ4v) is 3.06. The zero-order valence-electron chi connectivity index (χ0n) is 15.0. The van der Waals surface area contributed by atoms with Gasteiger partial charge in [0.2, 0.25) is 21.8 Å². The van der Waals surface area contributed by atoms with Gasteiger partial charge in [0.25, 0.3) is 0 Å².